The first-order valence-electron chi connectivity index (χ1n) is 10.3. The van der Waals surface area contributed by atoms with Crippen LogP contribution >= 0.6 is 0 Å². The van der Waals surface area contributed by atoms with Gasteiger partial charge in [-0.25, -0.2) is 4.39 Å². The number of fused-ring (bicyclic) bond motifs is 2. The summed E-state index contributed by atoms with van der Waals surface area (Å²) in [7, 11) is 0. The average molecular weight is 407 g/mol. The Labute approximate surface area is 173 Å². The number of amides is 2. The van der Waals surface area contributed by atoms with Crippen LogP contribution in [0, 0.1) is 5.82 Å². The predicted molar refractivity (Wildman–Crippen MR) is 109 cm³/mol. The topological polar surface area (TPSA) is 75.4 Å². The fourth-order valence-corrected chi connectivity index (χ4v) is 4.91. The van der Waals surface area contributed by atoms with Crippen molar-refractivity contribution in [1.82, 2.24) is 15.4 Å². The van der Waals surface area contributed by atoms with Gasteiger partial charge in [-0.3, -0.25) is 19.8 Å². The minimum Gasteiger partial charge on any atom is -0.356 e. The van der Waals surface area contributed by atoms with Gasteiger partial charge in [0.15, 0.2) is 5.58 Å². The lowest BCUT2D eigenvalue weighted by Gasteiger charge is -2.37. The Hall–Kier alpha value is -3.06. The summed E-state index contributed by atoms with van der Waals surface area (Å²) in [5.41, 5.74) is 3.27. The van der Waals surface area contributed by atoms with Crippen LogP contribution in [0.3, 0.4) is 0 Å². The number of likely N-dealkylation sites (tertiary alicyclic amines) is 1. The molecule has 5 rings (SSSR count). The highest BCUT2D eigenvalue weighted by molar-refractivity contribution is 6.22. The molecule has 2 aliphatic heterocycles. The summed E-state index contributed by atoms with van der Waals surface area (Å²) in [6, 6.07) is 10.1. The van der Waals surface area contributed by atoms with Crippen molar-refractivity contribution in [3.05, 3.63) is 64.6 Å². The van der Waals surface area contributed by atoms with Gasteiger partial charge in [0.25, 0.3) is 11.8 Å². The van der Waals surface area contributed by atoms with E-state index in [2.05, 4.69) is 22.3 Å². The first kappa shape index (κ1) is 18.9. The summed E-state index contributed by atoms with van der Waals surface area (Å²) in [6.45, 7) is 3.79. The average Bonchev–Trinajstić information content (AvgIpc) is 3.30. The van der Waals surface area contributed by atoms with Crippen LogP contribution in [0.15, 0.2) is 40.9 Å². The molecule has 6 nitrogen and oxygen atoms in total. The molecule has 30 heavy (non-hydrogen) atoms. The molecule has 0 aliphatic carbocycles. The maximum atomic E-state index is 13.4. The van der Waals surface area contributed by atoms with Crippen LogP contribution in [0.5, 0.6) is 0 Å². The van der Waals surface area contributed by atoms with Gasteiger partial charge in [0.2, 0.25) is 0 Å². The molecule has 154 valence electrons. The number of aromatic nitrogens is 1. The molecular weight excluding hydrogens is 385 g/mol. The highest BCUT2D eigenvalue weighted by Gasteiger charge is 2.34. The van der Waals surface area contributed by atoms with Crippen molar-refractivity contribution in [1.29, 1.82) is 0 Å². The van der Waals surface area contributed by atoms with Crippen molar-refractivity contribution in [3.63, 3.8) is 0 Å². The molecule has 1 aromatic heterocycles. The lowest BCUT2D eigenvalue weighted by atomic mass is 9.88. The second-order valence-electron chi connectivity index (χ2n) is 8.00. The van der Waals surface area contributed by atoms with Crippen LogP contribution in [0.2, 0.25) is 0 Å². The quantitative estimate of drug-likeness (QED) is 0.657. The van der Waals surface area contributed by atoms with Gasteiger partial charge in [-0.1, -0.05) is 24.2 Å². The molecular formula is C23H22FN3O3. The zero-order valence-corrected chi connectivity index (χ0v) is 16.7. The largest absolute Gasteiger partial charge is 0.356 e. The summed E-state index contributed by atoms with van der Waals surface area (Å²) in [6.07, 6.45) is 2.64. The molecule has 0 spiro atoms. The number of carbonyl (C=O) groups excluding carboxylic acids is 2. The van der Waals surface area contributed by atoms with Crippen LogP contribution in [0.1, 0.15) is 70.1 Å². The van der Waals surface area contributed by atoms with E-state index in [1.54, 1.807) is 12.1 Å². The Morgan fingerprint density at radius 1 is 1.20 bits per heavy atom. The maximum absolute atomic E-state index is 13.4. The van der Waals surface area contributed by atoms with E-state index in [0.29, 0.717) is 16.7 Å². The Morgan fingerprint density at radius 3 is 2.77 bits per heavy atom. The van der Waals surface area contributed by atoms with Crippen LogP contribution in [0.25, 0.3) is 11.0 Å². The van der Waals surface area contributed by atoms with Gasteiger partial charge >= 0.3 is 0 Å². The van der Waals surface area contributed by atoms with Crippen molar-refractivity contribution in [2.75, 3.05) is 13.1 Å². The van der Waals surface area contributed by atoms with Crippen LogP contribution in [-0.2, 0) is 0 Å². The van der Waals surface area contributed by atoms with Crippen molar-refractivity contribution >= 4 is 22.8 Å². The molecule has 1 N–H and O–H groups in total. The zero-order valence-electron chi connectivity index (χ0n) is 16.7. The second-order valence-corrected chi connectivity index (χ2v) is 8.00. The number of benzene rings is 2. The molecule has 7 heteroatoms. The Morgan fingerprint density at radius 2 is 2.00 bits per heavy atom. The number of hydrogen-bond acceptors (Lipinski definition) is 5. The Balaban J connectivity index is 1.37. The van der Waals surface area contributed by atoms with Crippen molar-refractivity contribution in [3.8, 4) is 0 Å². The molecule has 0 saturated carbocycles. The molecule has 0 bridgehead atoms. The first-order chi connectivity index (χ1) is 14.6. The molecule has 1 atom stereocenters. The highest BCUT2D eigenvalue weighted by atomic mass is 19.1. The van der Waals surface area contributed by atoms with Gasteiger partial charge in [0, 0.05) is 23.4 Å². The second kappa shape index (κ2) is 7.32. The third-order valence-electron chi connectivity index (χ3n) is 6.36. The number of piperidine rings is 1. The molecule has 1 fully saturated rings. The van der Waals surface area contributed by atoms with E-state index in [1.807, 2.05) is 12.1 Å². The van der Waals surface area contributed by atoms with E-state index in [1.165, 1.54) is 12.1 Å². The summed E-state index contributed by atoms with van der Waals surface area (Å²) >= 11 is 0. The number of hydrogen-bond donors (Lipinski definition) is 1. The van der Waals surface area contributed by atoms with Gasteiger partial charge in [-0.2, -0.15) is 0 Å². The van der Waals surface area contributed by atoms with Gasteiger partial charge in [0.1, 0.15) is 5.82 Å². The van der Waals surface area contributed by atoms with Crippen molar-refractivity contribution in [2.45, 2.75) is 38.1 Å². The number of halogens is 1. The van der Waals surface area contributed by atoms with E-state index in [9.17, 15) is 14.0 Å². The first-order valence-corrected chi connectivity index (χ1v) is 10.3. The SMILES string of the molecule is CCC(c1cccc2c1C(=O)NC2=O)N1CCC(c2noc3cc(F)ccc23)CC1. The normalized spacial score (nSPS) is 18.6. The summed E-state index contributed by atoms with van der Waals surface area (Å²) < 4.78 is 18.8. The van der Waals surface area contributed by atoms with Crippen molar-refractivity contribution < 1.29 is 18.5 Å². The molecule has 2 aromatic carbocycles. The summed E-state index contributed by atoms with van der Waals surface area (Å²) in [4.78, 5) is 26.8. The fraction of sp³-hybridized carbons (Fsp3) is 0.348. The van der Waals surface area contributed by atoms with Crippen LogP contribution in [0.4, 0.5) is 4.39 Å². The zero-order chi connectivity index (χ0) is 20.8. The lowest BCUT2D eigenvalue weighted by molar-refractivity contribution is 0.0877. The number of imide groups is 1. The van der Waals surface area contributed by atoms with Gasteiger partial charge in [-0.05, 0) is 56.1 Å². The summed E-state index contributed by atoms with van der Waals surface area (Å²) in [5.74, 6) is -0.708. The molecule has 1 unspecified atom stereocenters. The number of nitrogens with one attached hydrogen (secondary N) is 1. The highest BCUT2D eigenvalue weighted by Crippen LogP contribution is 2.37. The minimum atomic E-state index is -0.330. The van der Waals surface area contributed by atoms with Gasteiger partial charge in [-0.15, -0.1) is 0 Å². The van der Waals surface area contributed by atoms with Gasteiger partial charge < -0.3 is 4.52 Å². The third kappa shape index (κ3) is 3.01. The molecule has 3 heterocycles. The van der Waals surface area contributed by atoms with E-state index >= 15 is 0 Å². The summed E-state index contributed by atoms with van der Waals surface area (Å²) in [5, 5.41) is 7.51. The van der Waals surface area contributed by atoms with E-state index in [-0.39, 0.29) is 29.6 Å². The Kier molecular flexibility index (Phi) is 4.62. The Bertz CT molecular complexity index is 1150. The molecule has 0 radical (unpaired) electrons. The predicted octanol–water partition coefficient (Wildman–Crippen LogP) is 4.18. The van der Waals surface area contributed by atoms with Crippen LogP contribution < -0.4 is 5.32 Å². The van der Waals surface area contributed by atoms with Crippen molar-refractivity contribution in [2.24, 2.45) is 0 Å². The maximum Gasteiger partial charge on any atom is 0.259 e. The number of rotatable bonds is 4. The van der Waals surface area contributed by atoms with E-state index in [0.717, 1.165) is 49.0 Å². The van der Waals surface area contributed by atoms with E-state index in [4.69, 9.17) is 4.52 Å². The van der Waals surface area contributed by atoms with Crippen LogP contribution in [-0.4, -0.2) is 35.0 Å². The lowest BCUT2D eigenvalue weighted by Crippen LogP contribution is -2.36. The monoisotopic (exact) mass is 407 g/mol. The third-order valence-corrected chi connectivity index (χ3v) is 6.36. The van der Waals surface area contributed by atoms with Gasteiger partial charge in [0.05, 0.1) is 16.8 Å². The molecule has 1 saturated heterocycles. The molecule has 3 aromatic rings. The number of nitrogens with zero attached hydrogens (tertiary/aromatic N) is 2. The fourth-order valence-electron chi connectivity index (χ4n) is 4.91. The molecule has 2 amide bonds. The smallest absolute Gasteiger partial charge is 0.259 e. The van der Waals surface area contributed by atoms with E-state index < -0.39 is 0 Å². The molecule has 2 aliphatic rings. The minimum absolute atomic E-state index is 0.0701. The number of carbonyl (C=O) groups is 2. The standard InChI is InChI=1S/C23H22FN3O3/c1-2-18(15-4-3-5-17-20(15)23(29)25-22(17)28)27-10-8-13(9-11-27)21-16-7-6-14(24)12-19(16)30-26-21/h3-7,12-13,18H,2,8-11H2,1H3,(H,25,28,29).